The molecule has 2 aliphatic rings. The van der Waals surface area contributed by atoms with Crippen molar-refractivity contribution in [2.75, 3.05) is 33.3 Å². The largest absolute Gasteiger partial charge is 0.490 e. The van der Waals surface area contributed by atoms with E-state index in [0.717, 1.165) is 45.3 Å². The number of benzene rings is 1. The van der Waals surface area contributed by atoms with Crippen molar-refractivity contribution in [3.05, 3.63) is 30.1 Å². The standard InChI is InChI=1S/C19H27FN2O2/c1-21-17-10-12-22(14-15(17)6-4-9-19(21)23)11-5-13-24-18-8-3-2-7-16(18)20/h2-3,7-8,15,17H,4-6,9-14H2,1H3/t15-,17-/m1/s1. The van der Waals surface area contributed by atoms with Crippen molar-refractivity contribution in [3.63, 3.8) is 0 Å². The summed E-state index contributed by atoms with van der Waals surface area (Å²) in [6.45, 7) is 3.58. The molecule has 4 nitrogen and oxygen atoms in total. The summed E-state index contributed by atoms with van der Waals surface area (Å²) in [6.07, 6.45) is 4.79. The topological polar surface area (TPSA) is 32.8 Å². The maximum atomic E-state index is 13.5. The minimum atomic E-state index is -0.301. The molecule has 0 radical (unpaired) electrons. The number of fused-ring (bicyclic) bond motifs is 1. The van der Waals surface area contributed by atoms with Crippen LogP contribution in [0.3, 0.4) is 0 Å². The minimum Gasteiger partial charge on any atom is -0.490 e. The zero-order valence-corrected chi connectivity index (χ0v) is 14.4. The molecule has 3 rings (SSSR count). The van der Waals surface area contributed by atoms with Gasteiger partial charge in [-0.25, -0.2) is 4.39 Å². The number of hydrogen-bond acceptors (Lipinski definition) is 3. The lowest BCUT2D eigenvalue weighted by molar-refractivity contribution is -0.132. The fourth-order valence-electron chi connectivity index (χ4n) is 4.00. The molecular formula is C19H27FN2O2. The third kappa shape index (κ3) is 4.07. The first kappa shape index (κ1) is 17.2. The van der Waals surface area contributed by atoms with Crippen LogP contribution in [0.25, 0.3) is 0 Å². The van der Waals surface area contributed by atoms with Crippen LogP contribution in [0.5, 0.6) is 5.75 Å². The molecule has 0 unspecified atom stereocenters. The summed E-state index contributed by atoms with van der Waals surface area (Å²) in [4.78, 5) is 16.4. The number of carbonyl (C=O) groups excluding carboxylic acids is 1. The Morgan fingerprint density at radius 1 is 1.29 bits per heavy atom. The summed E-state index contributed by atoms with van der Waals surface area (Å²) in [5.41, 5.74) is 0. The molecule has 5 heteroatoms. The van der Waals surface area contributed by atoms with Crippen molar-refractivity contribution >= 4 is 5.91 Å². The van der Waals surface area contributed by atoms with Crippen LogP contribution < -0.4 is 4.74 Å². The van der Waals surface area contributed by atoms with Crippen LogP contribution in [0.2, 0.25) is 0 Å². The first-order valence-corrected chi connectivity index (χ1v) is 9.00. The SMILES string of the molecule is CN1C(=O)CCC[C@@H]2CN(CCCOc3ccccc3F)CC[C@H]21. The number of para-hydroxylation sites is 1. The van der Waals surface area contributed by atoms with E-state index in [9.17, 15) is 9.18 Å². The Labute approximate surface area is 143 Å². The number of halogens is 1. The fraction of sp³-hybridized carbons (Fsp3) is 0.632. The zero-order chi connectivity index (χ0) is 16.9. The maximum Gasteiger partial charge on any atom is 0.222 e. The van der Waals surface area contributed by atoms with Crippen molar-refractivity contribution in [1.82, 2.24) is 9.80 Å². The van der Waals surface area contributed by atoms with E-state index in [1.165, 1.54) is 6.07 Å². The predicted molar refractivity (Wildman–Crippen MR) is 91.5 cm³/mol. The van der Waals surface area contributed by atoms with Crippen LogP contribution in [-0.2, 0) is 4.79 Å². The number of rotatable bonds is 5. The molecule has 2 fully saturated rings. The third-order valence-electron chi connectivity index (χ3n) is 5.35. The lowest BCUT2D eigenvalue weighted by atomic mass is 9.88. The van der Waals surface area contributed by atoms with Crippen LogP contribution in [0.4, 0.5) is 4.39 Å². The fourth-order valence-corrected chi connectivity index (χ4v) is 4.00. The molecule has 2 atom stereocenters. The van der Waals surface area contributed by atoms with Crippen molar-refractivity contribution in [2.24, 2.45) is 5.92 Å². The van der Waals surface area contributed by atoms with Gasteiger partial charge >= 0.3 is 0 Å². The molecule has 1 aromatic rings. The molecule has 24 heavy (non-hydrogen) atoms. The van der Waals surface area contributed by atoms with Crippen molar-refractivity contribution in [2.45, 2.75) is 38.1 Å². The molecule has 1 aromatic carbocycles. The van der Waals surface area contributed by atoms with Gasteiger partial charge in [0, 0.05) is 39.1 Å². The Morgan fingerprint density at radius 2 is 2.12 bits per heavy atom. The average molecular weight is 334 g/mol. The lowest BCUT2D eigenvalue weighted by Gasteiger charge is -2.41. The number of carbonyl (C=O) groups is 1. The van der Waals surface area contributed by atoms with Gasteiger partial charge in [-0.05, 0) is 43.7 Å². The smallest absolute Gasteiger partial charge is 0.222 e. The highest BCUT2D eigenvalue weighted by atomic mass is 19.1. The van der Waals surface area contributed by atoms with Gasteiger partial charge in [-0.1, -0.05) is 12.1 Å². The Balaban J connectivity index is 1.43. The van der Waals surface area contributed by atoms with Gasteiger partial charge in [0.05, 0.1) is 6.61 Å². The summed E-state index contributed by atoms with van der Waals surface area (Å²) in [7, 11) is 1.96. The molecule has 2 saturated heterocycles. The van der Waals surface area contributed by atoms with Crippen LogP contribution >= 0.6 is 0 Å². The highest BCUT2D eigenvalue weighted by molar-refractivity contribution is 5.76. The molecular weight excluding hydrogens is 307 g/mol. The lowest BCUT2D eigenvalue weighted by Crippen LogP contribution is -2.50. The first-order chi connectivity index (χ1) is 11.6. The van der Waals surface area contributed by atoms with Crippen LogP contribution in [0.15, 0.2) is 24.3 Å². The van der Waals surface area contributed by atoms with Crippen molar-refractivity contribution < 1.29 is 13.9 Å². The van der Waals surface area contributed by atoms with E-state index in [-0.39, 0.29) is 5.82 Å². The van der Waals surface area contributed by atoms with E-state index in [1.807, 2.05) is 11.9 Å². The zero-order valence-electron chi connectivity index (χ0n) is 14.4. The Kier molecular flexibility index (Phi) is 5.72. The highest BCUT2D eigenvalue weighted by Gasteiger charge is 2.35. The van der Waals surface area contributed by atoms with Gasteiger partial charge in [0.2, 0.25) is 5.91 Å². The van der Waals surface area contributed by atoms with Gasteiger partial charge in [-0.15, -0.1) is 0 Å². The quantitative estimate of drug-likeness (QED) is 0.776. The van der Waals surface area contributed by atoms with E-state index in [4.69, 9.17) is 4.74 Å². The molecule has 0 N–H and O–H groups in total. The molecule has 0 spiro atoms. The molecule has 2 aliphatic heterocycles. The van der Waals surface area contributed by atoms with Gasteiger partial charge in [-0.3, -0.25) is 4.79 Å². The molecule has 0 bridgehead atoms. The maximum absolute atomic E-state index is 13.5. The number of piperidine rings is 1. The number of hydrogen-bond donors (Lipinski definition) is 0. The summed E-state index contributed by atoms with van der Waals surface area (Å²) in [5, 5.41) is 0. The van der Waals surface area contributed by atoms with E-state index in [2.05, 4.69) is 4.90 Å². The minimum absolute atomic E-state index is 0.300. The highest BCUT2D eigenvalue weighted by Crippen LogP contribution is 2.29. The number of amides is 1. The van der Waals surface area contributed by atoms with Gasteiger partial charge in [-0.2, -0.15) is 0 Å². The van der Waals surface area contributed by atoms with Crippen molar-refractivity contribution in [3.8, 4) is 5.75 Å². The molecule has 132 valence electrons. The molecule has 2 heterocycles. The average Bonchev–Trinajstić information content (AvgIpc) is 2.72. The van der Waals surface area contributed by atoms with Gasteiger partial charge < -0.3 is 14.5 Å². The molecule has 0 aliphatic carbocycles. The third-order valence-corrected chi connectivity index (χ3v) is 5.35. The first-order valence-electron chi connectivity index (χ1n) is 9.00. The summed E-state index contributed by atoms with van der Waals surface area (Å²) >= 11 is 0. The van der Waals surface area contributed by atoms with E-state index < -0.39 is 0 Å². The van der Waals surface area contributed by atoms with Crippen molar-refractivity contribution in [1.29, 1.82) is 0 Å². The second-order valence-electron chi connectivity index (χ2n) is 6.95. The number of nitrogens with zero attached hydrogens (tertiary/aromatic N) is 2. The molecule has 0 aromatic heterocycles. The summed E-state index contributed by atoms with van der Waals surface area (Å²) in [6, 6.07) is 6.95. The van der Waals surface area contributed by atoms with Crippen LogP contribution in [0.1, 0.15) is 32.1 Å². The number of likely N-dealkylation sites (tertiary alicyclic amines) is 2. The second kappa shape index (κ2) is 7.97. The molecule has 0 saturated carbocycles. The Bertz CT molecular complexity index is 566. The van der Waals surface area contributed by atoms with E-state index >= 15 is 0 Å². The second-order valence-corrected chi connectivity index (χ2v) is 6.95. The van der Waals surface area contributed by atoms with Gasteiger partial charge in [0.1, 0.15) is 0 Å². The van der Waals surface area contributed by atoms with Crippen LogP contribution in [0, 0.1) is 11.7 Å². The molecule has 1 amide bonds. The van der Waals surface area contributed by atoms with E-state index in [0.29, 0.717) is 36.6 Å². The monoisotopic (exact) mass is 334 g/mol. The summed E-state index contributed by atoms with van der Waals surface area (Å²) < 4.78 is 19.0. The van der Waals surface area contributed by atoms with Crippen LogP contribution in [-0.4, -0.2) is 55.0 Å². The van der Waals surface area contributed by atoms with E-state index in [1.54, 1.807) is 18.2 Å². The van der Waals surface area contributed by atoms with Gasteiger partial charge in [0.15, 0.2) is 11.6 Å². The Hall–Kier alpha value is -1.62. The summed E-state index contributed by atoms with van der Waals surface area (Å²) in [5.74, 6) is 0.918. The number of ether oxygens (including phenoxy) is 1. The van der Waals surface area contributed by atoms with Gasteiger partial charge in [0.25, 0.3) is 0 Å². The Morgan fingerprint density at radius 3 is 2.96 bits per heavy atom. The normalized spacial score (nSPS) is 25.2. The predicted octanol–water partition coefficient (Wildman–Crippen LogP) is 2.93.